The van der Waals surface area contributed by atoms with E-state index in [1.165, 1.54) is 44.5 Å². The first-order valence-corrected chi connectivity index (χ1v) is 9.16. The molecule has 1 aliphatic carbocycles. The van der Waals surface area contributed by atoms with Crippen LogP contribution in [-0.4, -0.2) is 46.8 Å². The standard InChI is InChI=1S/C18H31N5/c1-4-19-17(22-12-9-18(14-22)7-5-8-18)20-10-6-11-23-16(3)13-15(2)21-23/h13H,4-12,14H2,1-3H3,(H,19,20). The molecule has 0 atom stereocenters. The van der Waals surface area contributed by atoms with Gasteiger partial charge < -0.3 is 10.2 Å². The van der Waals surface area contributed by atoms with Crippen molar-refractivity contribution in [1.29, 1.82) is 0 Å². The monoisotopic (exact) mass is 317 g/mol. The SMILES string of the molecule is CCNC(=NCCCn1nc(C)cc1C)N1CCC2(CCC2)C1. The van der Waals surface area contributed by atoms with Crippen LogP contribution in [0, 0.1) is 19.3 Å². The fourth-order valence-corrected chi connectivity index (χ4v) is 3.93. The van der Waals surface area contributed by atoms with E-state index in [2.05, 4.69) is 46.8 Å². The minimum Gasteiger partial charge on any atom is -0.357 e. The maximum atomic E-state index is 4.86. The van der Waals surface area contributed by atoms with Gasteiger partial charge in [0, 0.05) is 38.4 Å². The molecule has 0 bridgehead atoms. The van der Waals surface area contributed by atoms with Gasteiger partial charge in [0.05, 0.1) is 5.69 Å². The molecule has 1 saturated heterocycles. The summed E-state index contributed by atoms with van der Waals surface area (Å²) in [6.45, 7) is 11.5. The number of aliphatic imine (C=N–C) groups is 1. The van der Waals surface area contributed by atoms with Gasteiger partial charge in [-0.1, -0.05) is 6.42 Å². The summed E-state index contributed by atoms with van der Waals surface area (Å²) in [5.74, 6) is 1.12. The largest absolute Gasteiger partial charge is 0.357 e. The van der Waals surface area contributed by atoms with Crippen LogP contribution >= 0.6 is 0 Å². The highest BCUT2D eigenvalue weighted by molar-refractivity contribution is 5.80. The number of rotatable bonds is 5. The summed E-state index contributed by atoms with van der Waals surface area (Å²) < 4.78 is 2.09. The van der Waals surface area contributed by atoms with Gasteiger partial charge in [-0.3, -0.25) is 9.67 Å². The van der Waals surface area contributed by atoms with Crippen molar-refractivity contribution in [3.63, 3.8) is 0 Å². The number of nitrogens with one attached hydrogen (secondary N) is 1. The Morgan fingerprint density at radius 1 is 1.35 bits per heavy atom. The third-order valence-electron chi connectivity index (χ3n) is 5.38. The number of nitrogens with zero attached hydrogens (tertiary/aromatic N) is 4. The zero-order chi connectivity index (χ0) is 16.3. The summed E-state index contributed by atoms with van der Waals surface area (Å²) in [6.07, 6.45) is 6.64. The van der Waals surface area contributed by atoms with Gasteiger partial charge in [0.25, 0.3) is 0 Å². The van der Waals surface area contributed by atoms with E-state index in [9.17, 15) is 0 Å². The first-order chi connectivity index (χ1) is 11.1. The van der Waals surface area contributed by atoms with Crippen LogP contribution < -0.4 is 5.32 Å². The van der Waals surface area contributed by atoms with Crippen molar-refractivity contribution in [2.45, 2.75) is 59.4 Å². The Morgan fingerprint density at radius 2 is 2.17 bits per heavy atom. The van der Waals surface area contributed by atoms with Crippen LogP contribution in [-0.2, 0) is 6.54 Å². The average molecular weight is 317 g/mol. The first kappa shape index (κ1) is 16.3. The molecule has 3 rings (SSSR count). The molecular formula is C18H31N5. The zero-order valence-electron chi connectivity index (χ0n) is 14.9. The molecule has 1 N–H and O–H groups in total. The van der Waals surface area contributed by atoms with Crippen LogP contribution in [0.3, 0.4) is 0 Å². The minimum atomic E-state index is 0.625. The van der Waals surface area contributed by atoms with Gasteiger partial charge in [-0.25, -0.2) is 0 Å². The summed E-state index contributed by atoms with van der Waals surface area (Å²) in [6, 6.07) is 2.13. The number of aryl methyl sites for hydroxylation is 3. The molecule has 2 aliphatic rings. The van der Waals surface area contributed by atoms with E-state index in [0.717, 1.165) is 37.7 Å². The summed E-state index contributed by atoms with van der Waals surface area (Å²) in [4.78, 5) is 7.34. The lowest BCUT2D eigenvalue weighted by Crippen LogP contribution is -2.42. The molecule has 0 radical (unpaired) electrons. The highest BCUT2D eigenvalue weighted by Gasteiger charge is 2.43. The number of likely N-dealkylation sites (tertiary alicyclic amines) is 1. The normalized spacial score (nSPS) is 20.1. The Kier molecular flexibility index (Phi) is 4.93. The Labute approximate surface area is 140 Å². The smallest absolute Gasteiger partial charge is 0.193 e. The Hall–Kier alpha value is -1.52. The lowest BCUT2D eigenvalue weighted by molar-refractivity contribution is 0.151. The summed E-state index contributed by atoms with van der Waals surface area (Å²) in [5.41, 5.74) is 2.96. The number of hydrogen-bond acceptors (Lipinski definition) is 2. The van der Waals surface area contributed by atoms with Gasteiger partial charge in [-0.2, -0.15) is 5.10 Å². The van der Waals surface area contributed by atoms with Crippen LogP contribution in [0.5, 0.6) is 0 Å². The van der Waals surface area contributed by atoms with Crippen LogP contribution in [0.4, 0.5) is 0 Å². The fourth-order valence-electron chi connectivity index (χ4n) is 3.93. The van der Waals surface area contributed by atoms with Crippen molar-refractivity contribution in [1.82, 2.24) is 20.0 Å². The highest BCUT2D eigenvalue weighted by Crippen LogP contribution is 2.47. The maximum absolute atomic E-state index is 4.86. The van der Waals surface area contributed by atoms with Crippen LogP contribution in [0.2, 0.25) is 0 Å². The molecule has 2 heterocycles. The van der Waals surface area contributed by atoms with Crippen LogP contribution in [0.1, 0.15) is 50.4 Å². The summed E-state index contributed by atoms with van der Waals surface area (Å²) in [5, 5.41) is 8.00. The van der Waals surface area contributed by atoms with E-state index in [4.69, 9.17) is 4.99 Å². The second kappa shape index (κ2) is 6.93. The predicted octanol–water partition coefficient (Wildman–Crippen LogP) is 2.73. The first-order valence-electron chi connectivity index (χ1n) is 9.16. The van der Waals surface area contributed by atoms with Crippen LogP contribution in [0.15, 0.2) is 11.1 Å². The van der Waals surface area contributed by atoms with E-state index < -0.39 is 0 Å². The Bertz CT molecular complexity index is 556. The topological polar surface area (TPSA) is 45.5 Å². The fraction of sp³-hybridized carbons (Fsp3) is 0.778. The third kappa shape index (κ3) is 3.70. The van der Waals surface area contributed by atoms with Crippen molar-refractivity contribution in [3.8, 4) is 0 Å². The predicted molar refractivity (Wildman–Crippen MR) is 94.8 cm³/mol. The molecule has 1 aromatic rings. The summed E-state index contributed by atoms with van der Waals surface area (Å²) in [7, 11) is 0. The average Bonchev–Trinajstić information content (AvgIpc) is 3.06. The molecular weight excluding hydrogens is 286 g/mol. The maximum Gasteiger partial charge on any atom is 0.193 e. The van der Waals surface area contributed by atoms with Gasteiger partial charge >= 0.3 is 0 Å². The van der Waals surface area contributed by atoms with Gasteiger partial charge in [-0.15, -0.1) is 0 Å². The van der Waals surface area contributed by atoms with E-state index in [-0.39, 0.29) is 0 Å². The molecule has 5 heteroatoms. The molecule has 23 heavy (non-hydrogen) atoms. The lowest BCUT2D eigenvalue weighted by atomic mass is 9.68. The Balaban J connectivity index is 1.51. The van der Waals surface area contributed by atoms with Gasteiger partial charge in [0.2, 0.25) is 0 Å². The molecule has 2 fully saturated rings. The van der Waals surface area contributed by atoms with E-state index in [0.29, 0.717) is 5.41 Å². The number of guanidine groups is 1. The quantitative estimate of drug-likeness (QED) is 0.516. The molecule has 5 nitrogen and oxygen atoms in total. The van der Waals surface area contributed by atoms with Gasteiger partial charge in [0.1, 0.15) is 0 Å². The van der Waals surface area contributed by atoms with E-state index in [1.807, 2.05) is 0 Å². The molecule has 1 saturated carbocycles. The van der Waals surface area contributed by atoms with Crippen molar-refractivity contribution < 1.29 is 0 Å². The van der Waals surface area contributed by atoms with E-state index >= 15 is 0 Å². The molecule has 128 valence electrons. The number of hydrogen-bond donors (Lipinski definition) is 1. The second-order valence-electron chi connectivity index (χ2n) is 7.26. The third-order valence-corrected chi connectivity index (χ3v) is 5.38. The minimum absolute atomic E-state index is 0.625. The highest BCUT2D eigenvalue weighted by atomic mass is 15.3. The van der Waals surface area contributed by atoms with Gasteiger partial charge in [0.15, 0.2) is 5.96 Å². The van der Waals surface area contributed by atoms with Crippen LogP contribution in [0.25, 0.3) is 0 Å². The molecule has 0 amide bonds. The lowest BCUT2D eigenvalue weighted by Gasteiger charge is -2.38. The zero-order valence-corrected chi connectivity index (χ0v) is 14.9. The molecule has 0 unspecified atom stereocenters. The Morgan fingerprint density at radius 3 is 2.74 bits per heavy atom. The second-order valence-corrected chi connectivity index (χ2v) is 7.26. The molecule has 1 spiro atoms. The van der Waals surface area contributed by atoms with E-state index in [1.54, 1.807) is 0 Å². The van der Waals surface area contributed by atoms with Crippen molar-refractivity contribution in [2.75, 3.05) is 26.2 Å². The van der Waals surface area contributed by atoms with Crippen molar-refractivity contribution >= 4 is 5.96 Å². The molecule has 1 aromatic heterocycles. The van der Waals surface area contributed by atoms with Gasteiger partial charge in [-0.05, 0) is 57.9 Å². The van der Waals surface area contributed by atoms with Crippen molar-refractivity contribution in [2.24, 2.45) is 10.4 Å². The van der Waals surface area contributed by atoms with Crippen molar-refractivity contribution in [3.05, 3.63) is 17.5 Å². The summed E-state index contributed by atoms with van der Waals surface area (Å²) >= 11 is 0. The molecule has 1 aliphatic heterocycles. The molecule has 0 aromatic carbocycles. The number of aromatic nitrogens is 2.